The van der Waals surface area contributed by atoms with Crippen molar-refractivity contribution < 1.29 is 9.53 Å². The second-order valence-corrected chi connectivity index (χ2v) is 10.5. The number of hydrogen-bond acceptors (Lipinski definition) is 4. The zero-order valence-corrected chi connectivity index (χ0v) is 20.4. The molecule has 1 aromatic heterocycles. The first-order chi connectivity index (χ1) is 15.4. The molecule has 2 aromatic carbocycles. The van der Waals surface area contributed by atoms with E-state index in [1.807, 2.05) is 30.3 Å². The van der Waals surface area contributed by atoms with Gasteiger partial charge in [0.2, 0.25) is 0 Å². The normalized spacial score (nSPS) is 15.8. The number of likely N-dealkylation sites (tertiary alicyclic amines) is 1. The van der Waals surface area contributed by atoms with E-state index in [0.29, 0.717) is 23.8 Å². The number of carbonyl (C=O) groups excluding carboxylic acids is 1. The summed E-state index contributed by atoms with van der Waals surface area (Å²) in [6.45, 7) is 11.8. The van der Waals surface area contributed by atoms with Gasteiger partial charge in [0.15, 0.2) is 0 Å². The predicted molar refractivity (Wildman–Crippen MR) is 135 cm³/mol. The van der Waals surface area contributed by atoms with Gasteiger partial charge in [-0.2, -0.15) is 0 Å². The first-order valence-corrected chi connectivity index (χ1v) is 12.5. The fourth-order valence-corrected chi connectivity index (χ4v) is 5.52. The fraction of sp³-hybridized carbons (Fsp3) is 0.444. The summed E-state index contributed by atoms with van der Waals surface area (Å²) < 4.78 is 7.05. The van der Waals surface area contributed by atoms with Crippen LogP contribution < -0.4 is 10.1 Å². The number of carbonyl (C=O) groups is 1. The maximum Gasteiger partial charge on any atom is 0.259 e. The molecule has 5 heteroatoms. The maximum absolute atomic E-state index is 13.0. The van der Waals surface area contributed by atoms with Crippen LogP contribution in [-0.2, 0) is 0 Å². The summed E-state index contributed by atoms with van der Waals surface area (Å²) in [6, 6.07) is 13.7. The lowest BCUT2D eigenvalue weighted by atomic mass is 9.87. The number of fused-ring (bicyclic) bond motifs is 1. The van der Waals surface area contributed by atoms with Crippen molar-refractivity contribution in [2.75, 3.05) is 25.0 Å². The van der Waals surface area contributed by atoms with Crippen molar-refractivity contribution >= 4 is 33.0 Å². The molecule has 0 atom stereocenters. The van der Waals surface area contributed by atoms with Crippen molar-refractivity contribution in [2.24, 2.45) is 0 Å². The number of rotatable bonds is 6. The monoisotopic (exact) mass is 450 g/mol. The van der Waals surface area contributed by atoms with Crippen LogP contribution in [0.4, 0.5) is 5.69 Å². The minimum atomic E-state index is -0.133. The molecule has 0 radical (unpaired) electrons. The number of benzene rings is 2. The maximum atomic E-state index is 13.0. The molecule has 4 rings (SSSR count). The van der Waals surface area contributed by atoms with E-state index in [2.05, 4.69) is 55.4 Å². The molecule has 1 aliphatic rings. The van der Waals surface area contributed by atoms with Gasteiger partial charge in [0.25, 0.3) is 5.91 Å². The SMILES string of the molecule is CCCOc1ccccc1C(=O)Nc1ccc2scc(C3CCN(C(C)(C)C)CC3)c2c1. The Balaban J connectivity index is 1.52. The highest BCUT2D eigenvalue weighted by Crippen LogP contribution is 2.39. The summed E-state index contributed by atoms with van der Waals surface area (Å²) >= 11 is 1.80. The fourth-order valence-electron chi connectivity index (χ4n) is 4.49. The number of thiophene rings is 1. The van der Waals surface area contributed by atoms with Gasteiger partial charge in [-0.1, -0.05) is 19.1 Å². The van der Waals surface area contributed by atoms with E-state index in [9.17, 15) is 4.79 Å². The number of ether oxygens (including phenoxy) is 1. The van der Waals surface area contributed by atoms with Crippen molar-refractivity contribution in [1.82, 2.24) is 4.90 Å². The Bertz CT molecular complexity index is 1070. The van der Waals surface area contributed by atoms with Crippen LogP contribution in [0.25, 0.3) is 10.1 Å². The third kappa shape index (κ3) is 5.00. The van der Waals surface area contributed by atoms with E-state index in [1.165, 1.54) is 28.5 Å². The van der Waals surface area contributed by atoms with Crippen molar-refractivity contribution in [3.05, 3.63) is 59.0 Å². The third-order valence-corrected chi connectivity index (χ3v) is 7.32. The molecular weight excluding hydrogens is 416 g/mol. The molecule has 0 aliphatic carbocycles. The molecule has 2 heterocycles. The number of amides is 1. The molecule has 1 saturated heterocycles. The molecule has 1 fully saturated rings. The van der Waals surface area contributed by atoms with E-state index in [1.54, 1.807) is 11.3 Å². The summed E-state index contributed by atoms with van der Waals surface area (Å²) in [6.07, 6.45) is 3.27. The van der Waals surface area contributed by atoms with Gasteiger partial charge < -0.3 is 10.1 Å². The van der Waals surface area contributed by atoms with Crippen LogP contribution in [-0.4, -0.2) is 36.0 Å². The van der Waals surface area contributed by atoms with Crippen molar-refractivity contribution in [1.29, 1.82) is 0 Å². The smallest absolute Gasteiger partial charge is 0.259 e. The van der Waals surface area contributed by atoms with Gasteiger partial charge in [-0.25, -0.2) is 0 Å². The Kier molecular flexibility index (Phi) is 6.87. The van der Waals surface area contributed by atoms with Crippen molar-refractivity contribution in [3.63, 3.8) is 0 Å². The largest absolute Gasteiger partial charge is 0.493 e. The molecule has 1 N–H and O–H groups in total. The number of nitrogens with one attached hydrogen (secondary N) is 1. The molecule has 0 saturated carbocycles. The molecule has 0 spiro atoms. The minimum absolute atomic E-state index is 0.133. The Morgan fingerprint density at radius 1 is 1.16 bits per heavy atom. The molecule has 0 unspecified atom stereocenters. The van der Waals surface area contributed by atoms with Crippen LogP contribution in [0, 0.1) is 0 Å². The number of hydrogen-bond donors (Lipinski definition) is 1. The Labute approximate surface area is 195 Å². The second-order valence-electron chi connectivity index (χ2n) is 9.63. The molecule has 1 amide bonds. The summed E-state index contributed by atoms with van der Waals surface area (Å²) in [7, 11) is 0. The van der Waals surface area contributed by atoms with Crippen LogP contribution in [0.15, 0.2) is 47.8 Å². The van der Waals surface area contributed by atoms with Gasteiger partial charge in [-0.3, -0.25) is 9.69 Å². The highest BCUT2D eigenvalue weighted by atomic mass is 32.1. The van der Waals surface area contributed by atoms with E-state index in [4.69, 9.17) is 4.74 Å². The Hall–Kier alpha value is -2.37. The van der Waals surface area contributed by atoms with Gasteiger partial charge in [0, 0.05) is 15.9 Å². The lowest BCUT2D eigenvalue weighted by Gasteiger charge is -2.41. The molecular formula is C27H34N2O2S. The van der Waals surface area contributed by atoms with E-state index in [-0.39, 0.29) is 11.4 Å². The van der Waals surface area contributed by atoms with Crippen LogP contribution >= 0.6 is 11.3 Å². The van der Waals surface area contributed by atoms with E-state index >= 15 is 0 Å². The van der Waals surface area contributed by atoms with Gasteiger partial charge in [-0.15, -0.1) is 11.3 Å². The molecule has 4 nitrogen and oxygen atoms in total. The van der Waals surface area contributed by atoms with Crippen LogP contribution in [0.3, 0.4) is 0 Å². The van der Waals surface area contributed by atoms with Crippen LogP contribution in [0.1, 0.15) is 68.8 Å². The summed E-state index contributed by atoms with van der Waals surface area (Å²) in [5.41, 5.74) is 3.07. The van der Waals surface area contributed by atoms with Gasteiger partial charge in [0.1, 0.15) is 5.75 Å². The van der Waals surface area contributed by atoms with Crippen LogP contribution in [0.5, 0.6) is 5.75 Å². The molecule has 170 valence electrons. The first kappa shape index (κ1) is 22.8. The Morgan fingerprint density at radius 2 is 1.91 bits per heavy atom. The molecule has 3 aromatic rings. The Morgan fingerprint density at radius 3 is 2.62 bits per heavy atom. The third-order valence-electron chi connectivity index (χ3n) is 6.34. The average molecular weight is 451 g/mol. The van der Waals surface area contributed by atoms with Crippen molar-refractivity contribution in [2.45, 2.75) is 58.4 Å². The second kappa shape index (κ2) is 9.63. The highest BCUT2D eigenvalue weighted by Gasteiger charge is 2.28. The summed E-state index contributed by atoms with van der Waals surface area (Å²) in [5.74, 6) is 1.08. The van der Waals surface area contributed by atoms with Crippen LogP contribution in [0.2, 0.25) is 0 Å². The van der Waals surface area contributed by atoms with E-state index in [0.717, 1.165) is 25.2 Å². The van der Waals surface area contributed by atoms with Crippen molar-refractivity contribution in [3.8, 4) is 5.75 Å². The van der Waals surface area contributed by atoms with Gasteiger partial charge in [0.05, 0.1) is 12.2 Å². The lowest BCUT2D eigenvalue weighted by Crippen LogP contribution is -2.45. The molecule has 32 heavy (non-hydrogen) atoms. The average Bonchev–Trinajstić information content (AvgIpc) is 3.20. The topological polar surface area (TPSA) is 41.6 Å². The molecule has 1 aliphatic heterocycles. The number of piperidine rings is 1. The first-order valence-electron chi connectivity index (χ1n) is 11.7. The quantitative estimate of drug-likeness (QED) is 0.443. The molecule has 0 bridgehead atoms. The number of anilines is 1. The zero-order valence-electron chi connectivity index (χ0n) is 19.6. The standard InChI is InChI=1S/C27H34N2O2S/c1-5-16-31-24-9-7-6-8-21(24)26(30)28-20-10-11-25-22(17-20)23(18-32-25)19-12-14-29(15-13-19)27(2,3)4/h6-11,17-19H,5,12-16H2,1-4H3,(H,28,30). The lowest BCUT2D eigenvalue weighted by molar-refractivity contribution is 0.102. The van der Waals surface area contributed by atoms with E-state index < -0.39 is 0 Å². The van der Waals surface area contributed by atoms with Gasteiger partial charge >= 0.3 is 0 Å². The number of nitrogens with zero attached hydrogens (tertiary/aromatic N) is 1. The van der Waals surface area contributed by atoms with Gasteiger partial charge in [-0.05, 0) is 106 Å². The minimum Gasteiger partial charge on any atom is -0.493 e. The zero-order chi connectivity index (χ0) is 22.7. The summed E-state index contributed by atoms with van der Waals surface area (Å²) in [4.78, 5) is 15.6. The highest BCUT2D eigenvalue weighted by molar-refractivity contribution is 7.17. The number of para-hydroxylation sites is 1. The summed E-state index contributed by atoms with van der Waals surface area (Å²) in [5, 5.41) is 6.69. The predicted octanol–water partition coefficient (Wildman–Crippen LogP) is 6.92.